The van der Waals surface area contributed by atoms with Crippen molar-refractivity contribution in [3.8, 4) is 0 Å². The molecule has 0 aliphatic heterocycles. The van der Waals surface area contributed by atoms with Crippen molar-refractivity contribution in [1.82, 2.24) is 0 Å². The molecule has 5 heteroatoms. The molecule has 0 unspecified atom stereocenters. The second kappa shape index (κ2) is 4.67. The van der Waals surface area contributed by atoms with E-state index in [0.29, 0.717) is 13.0 Å². The van der Waals surface area contributed by atoms with E-state index >= 15 is 0 Å². The summed E-state index contributed by atoms with van der Waals surface area (Å²) in [5.41, 5.74) is 2.79. The number of hydrogen-bond acceptors (Lipinski definition) is 4. The van der Waals surface area contributed by atoms with Gasteiger partial charge < -0.3 is 13.7 Å². The van der Waals surface area contributed by atoms with Gasteiger partial charge in [-0.25, -0.2) is 5.90 Å². The van der Waals surface area contributed by atoms with Gasteiger partial charge in [-0.05, 0) is 41.9 Å². The van der Waals surface area contributed by atoms with Gasteiger partial charge in [0.05, 0.1) is 11.1 Å². The van der Waals surface area contributed by atoms with Gasteiger partial charge in [-0.15, -0.1) is 0 Å². The molecule has 0 saturated carbocycles. The predicted molar refractivity (Wildman–Crippen MR) is 77.0 cm³/mol. The highest BCUT2D eigenvalue weighted by molar-refractivity contribution is 9.10. The third-order valence-corrected chi connectivity index (χ3v) is 4.00. The number of furan rings is 2. The van der Waals surface area contributed by atoms with Crippen LogP contribution in [-0.2, 0) is 11.3 Å². The van der Waals surface area contributed by atoms with E-state index < -0.39 is 0 Å². The maximum absolute atomic E-state index is 5.83. The first-order valence-corrected chi connectivity index (χ1v) is 6.83. The lowest BCUT2D eigenvalue weighted by Crippen LogP contribution is -2.04. The van der Waals surface area contributed by atoms with Crippen LogP contribution in [0.5, 0.6) is 0 Å². The molecule has 100 valence electrons. The molecule has 0 saturated heterocycles. The van der Waals surface area contributed by atoms with Crippen molar-refractivity contribution in [3.05, 3.63) is 33.7 Å². The Kier molecular flexibility index (Phi) is 3.12. The quantitative estimate of drug-likeness (QED) is 0.740. The Balaban J connectivity index is 2.40. The Morgan fingerprint density at radius 3 is 2.42 bits per heavy atom. The Morgan fingerprint density at radius 2 is 1.74 bits per heavy atom. The molecule has 3 rings (SSSR count). The van der Waals surface area contributed by atoms with E-state index in [1.165, 1.54) is 0 Å². The Bertz CT molecular complexity index is 699. The molecule has 0 fully saturated rings. The fourth-order valence-corrected chi connectivity index (χ4v) is 3.05. The highest BCUT2D eigenvalue weighted by atomic mass is 79.9. The number of fused-ring (bicyclic) bond motifs is 2. The van der Waals surface area contributed by atoms with E-state index in [0.717, 1.165) is 43.5 Å². The van der Waals surface area contributed by atoms with Crippen LogP contribution in [0.1, 0.15) is 17.1 Å². The summed E-state index contributed by atoms with van der Waals surface area (Å²) in [6.45, 7) is 4.31. The van der Waals surface area contributed by atoms with Crippen LogP contribution < -0.4 is 5.90 Å². The average molecular weight is 324 g/mol. The number of hydrogen-bond donors (Lipinski definition) is 1. The predicted octanol–water partition coefficient (Wildman–Crippen LogP) is 3.99. The van der Waals surface area contributed by atoms with Crippen molar-refractivity contribution in [3.63, 3.8) is 0 Å². The molecular weight excluding hydrogens is 310 g/mol. The second-order valence-electron chi connectivity index (χ2n) is 4.61. The van der Waals surface area contributed by atoms with Crippen LogP contribution >= 0.6 is 15.9 Å². The number of aryl methyl sites for hydroxylation is 2. The van der Waals surface area contributed by atoms with Crippen LogP contribution in [-0.4, -0.2) is 6.61 Å². The average Bonchev–Trinajstić information content (AvgIpc) is 2.93. The van der Waals surface area contributed by atoms with Crippen LogP contribution in [0.3, 0.4) is 0 Å². The molecule has 0 aliphatic rings. The van der Waals surface area contributed by atoms with E-state index in [1.54, 1.807) is 0 Å². The Morgan fingerprint density at radius 1 is 1.11 bits per heavy atom. The summed E-state index contributed by atoms with van der Waals surface area (Å²) in [5.74, 6) is 6.88. The van der Waals surface area contributed by atoms with E-state index in [9.17, 15) is 0 Å². The van der Waals surface area contributed by atoms with Gasteiger partial charge in [0.1, 0.15) is 22.7 Å². The van der Waals surface area contributed by atoms with Crippen LogP contribution in [0.2, 0.25) is 0 Å². The standard InChI is InChI=1S/C14H14BrNO3/c1-7-5-10-9(3-4-17-16)13-11(6-8(2)18-13)12(15)14(10)19-7/h5-6H,3-4,16H2,1-2H3. The fourth-order valence-electron chi connectivity index (χ4n) is 2.46. The lowest BCUT2D eigenvalue weighted by atomic mass is 10.0. The molecule has 0 radical (unpaired) electrons. The van der Waals surface area contributed by atoms with Gasteiger partial charge in [-0.1, -0.05) is 0 Å². The molecule has 0 bridgehead atoms. The smallest absolute Gasteiger partial charge is 0.149 e. The van der Waals surface area contributed by atoms with Gasteiger partial charge >= 0.3 is 0 Å². The molecule has 2 heterocycles. The third-order valence-electron chi connectivity index (χ3n) is 3.22. The zero-order valence-electron chi connectivity index (χ0n) is 10.7. The Labute approximate surface area is 118 Å². The van der Waals surface area contributed by atoms with Crippen molar-refractivity contribution >= 4 is 37.9 Å². The maximum Gasteiger partial charge on any atom is 0.149 e. The summed E-state index contributed by atoms with van der Waals surface area (Å²) in [5, 5.41) is 2.06. The maximum atomic E-state index is 5.83. The van der Waals surface area contributed by atoms with E-state index in [4.69, 9.17) is 19.6 Å². The van der Waals surface area contributed by atoms with Gasteiger partial charge in [0.15, 0.2) is 0 Å². The van der Waals surface area contributed by atoms with Crippen molar-refractivity contribution in [2.75, 3.05) is 6.61 Å². The molecule has 0 spiro atoms. The van der Waals surface area contributed by atoms with Crippen LogP contribution in [0, 0.1) is 13.8 Å². The normalized spacial score (nSPS) is 11.8. The summed E-state index contributed by atoms with van der Waals surface area (Å²) in [4.78, 5) is 4.70. The minimum Gasteiger partial charge on any atom is -0.461 e. The molecule has 0 atom stereocenters. The van der Waals surface area contributed by atoms with Crippen molar-refractivity contribution in [2.24, 2.45) is 5.90 Å². The van der Waals surface area contributed by atoms with E-state index in [1.807, 2.05) is 26.0 Å². The first-order valence-electron chi connectivity index (χ1n) is 6.04. The van der Waals surface area contributed by atoms with Crippen molar-refractivity contribution in [2.45, 2.75) is 20.3 Å². The van der Waals surface area contributed by atoms with Crippen molar-refractivity contribution in [1.29, 1.82) is 0 Å². The molecule has 19 heavy (non-hydrogen) atoms. The molecule has 0 aliphatic carbocycles. The van der Waals surface area contributed by atoms with E-state index in [2.05, 4.69) is 15.9 Å². The number of halogens is 1. The fraction of sp³-hybridized carbons (Fsp3) is 0.286. The summed E-state index contributed by atoms with van der Waals surface area (Å²) in [7, 11) is 0. The van der Waals surface area contributed by atoms with Gasteiger partial charge in [0, 0.05) is 22.8 Å². The number of benzene rings is 1. The van der Waals surface area contributed by atoms with Gasteiger partial charge in [0.2, 0.25) is 0 Å². The topological polar surface area (TPSA) is 61.5 Å². The van der Waals surface area contributed by atoms with Crippen LogP contribution in [0.4, 0.5) is 0 Å². The summed E-state index contributed by atoms with van der Waals surface area (Å²) in [6, 6.07) is 4.02. The van der Waals surface area contributed by atoms with Crippen LogP contribution in [0.25, 0.3) is 21.9 Å². The lowest BCUT2D eigenvalue weighted by molar-refractivity contribution is 0.141. The molecule has 2 aromatic heterocycles. The molecule has 1 aromatic carbocycles. The first-order chi connectivity index (χ1) is 9.11. The van der Waals surface area contributed by atoms with Crippen LogP contribution in [0.15, 0.2) is 25.4 Å². The highest BCUT2D eigenvalue weighted by Gasteiger charge is 2.19. The minimum atomic E-state index is 0.440. The summed E-state index contributed by atoms with van der Waals surface area (Å²) < 4.78 is 12.5. The molecule has 3 aromatic rings. The molecule has 0 amide bonds. The molecule has 4 nitrogen and oxygen atoms in total. The van der Waals surface area contributed by atoms with Gasteiger partial charge in [-0.2, -0.15) is 0 Å². The summed E-state index contributed by atoms with van der Waals surface area (Å²) >= 11 is 3.60. The monoisotopic (exact) mass is 323 g/mol. The SMILES string of the molecule is Cc1cc2c(CCON)c3oc(C)cc3c(Br)c2o1. The van der Waals surface area contributed by atoms with E-state index in [-0.39, 0.29) is 0 Å². The van der Waals surface area contributed by atoms with Crippen molar-refractivity contribution < 1.29 is 13.7 Å². The number of rotatable bonds is 3. The minimum absolute atomic E-state index is 0.440. The molecular formula is C14H14BrNO3. The zero-order valence-corrected chi connectivity index (χ0v) is 12.3. The summed E-state index contributed by atoms with van der Waals surface area (Å²) in [6.07, 6.45) is 0.683. The molecule has 2 N–H and O–H groups in total. The highest BCUT2D eigenvalue weighted by Crippen LogP contribution is 2.39. The first kappa shape index (κ1) is 12.7. The van der Waals surface area contributed by atoms with Gasteiger partial charge in [-0.3, -0.25) is 0 Å². The second-order valence-corrected chi connectivity index (χ2v) is 5.41. The Hall–Kier alpha value is -1.30. The number of nitrogens with two attached hydrogens (primary N) is 1. The largest absolute Gasteiger partial charge is 0.461 e. The van der Waals surface area contributed by atoms with Gasteiger partial charge in [0.25, 0.3) is 0 Å². The third kappa shape index (κ3) is 1.98. The zero-order chi connectivity index (χ0) is 13.6. The lowest BCUT2D eigenvalue weighted by Gasteiger charge is -2.05.